The van der Waals surface area contributed by atoms with Gasteiger partial charge >= 0.3 is 0 Å². The zero-order valence-electron chi connectivity index (χ0n) is 15.0. The monoisotopic (exact) mass is 320 g/mol. The number of hydrogen-bond donors (Lipinski definition) is 0. The van der Waals surface area contributed by atoms with Crippen molar-refractivity contribution in [1.82, 2.24) is 4.98 Å². The van der Waals surface area contributed by atoms with Crippen LogP contribution in [0.3, 0.4) is 0 Å². The van der Waals surface area contributed by atoms with Crippen LogP contribution in [0.25, 0.3) is 23.3 Å². The highest BCUT2D eigenvalue weighted by atomic mass is 16.3. The van der Waals surface area contributed by atoms with E-state index in [2.05, 4.69) is 67.1 Å². The summed E-state index contributed by atoms with van der Waals surface area (Å²) in [5.74, 6) is 0.632. The quantitative estimate of drug-likeness (QED) is 0.650. The zero-order chi connectivity index (χ0) is 17.3. The second-order valence-electron chi connectivity index (χ2n) is 7.30. The van der Waals surface area contributed by atoms with Gasteiger partial charge in [0.2, 0.25) is 5.89 Å². The molecule has 0 N–H and O–H groups in total. The number of benzene rings is 2. The van der Waals surface area contributed by atoms with Gasteiger partial charge in [0.25, 0.3) is 0 Å². The van der Waals surface area contributed by atoms with E-state index < -0.39 is 0 Å². The Kier molecular flexibility index (Phi) is 4.18. The van der Waals surface area contributed by atoms with Gasteiger partial charge in [-0.05, 0) is 46.9 Å². The van der Waals surface area contributed by atoms with E-state index in [0.29, 0.717) is 5.89 Å². The largest absolute Gasteiger partial charge is 0.437 e. The Morgan fingerprint density at radius 3 is 2.29 bits per heavy atom. The first-order chi connectivity index (χ1) is 11.3. The lowest BCUT2D eigenvalue weighted by Gasteiger charge is -2.18. The summed E-state index contributed by atoms with van der Waals surface area (Å²) >= 11 is 0. The van der Waals surface area contributed by atoms with Crippen molar-refractivity contribution in [2.45, 2.75) is 26.2 Å². The molecule has 0 spiro atoms. The van der Waals surface area contributed by atoms with Crippen molar-refractivity contribution in [2.24, 2.45) is 0 Å². The normalized spacial score (nSPS) is 12.2. The van der Waals surface area contributed by atoms with Gasteiger partial charge in [-0.25, -0.2) is 4.98 Å². The summed E-state index contributed by atoms with van der Waals surface area (Å²) in [6.07, 6.45) is 3.94. The molecule has 2 aromatic carbocycles. The van der Waals surface area contributed by atoms with Crippen LogP contribution in [0.4, 0.5) is 5.69 Å². The molecule has 3 heteroatoms. The number of nitrogens with zero attached hydrogens (tertiary/aromatic N) is 2. The molecule has 0 atom stereocenters. The van der Waals surface area contributed by atoms with Crippen LogP contribution in [-0.4, -0.2) is 19.1 Å². The minimum atomic E-state index is 0.108. The summed E-state index contributed by atoms with van der Waals surface area (Å²) in [5.41, 5.74) is 5.41. The molecule has 124 valence electrons. The maximum atomic E-state index is 5.81. The first kappa shape index (κ1) is 16.3. The second-order valence-corrected chi connectivity index (χ2v) is 7.30. The topological polar surface area (TPSA) is 29.3 Å². The molecular weight excluding hydrogens is 296 g/mol. The Labute approximate surface area is 143 Å². The van der Waals surface area contributed by atoms with Crippen molar-refractivity contribution in [2.75, 3.05) is 19.0 Å². The smallest absolute Gasteiger partial charge is 0.220 e. The highest BCUT2D eigenvalue weighted by Crippen LogP contribution is 2.26. The van der Waals surface area contributed by atoms with E-state index in [4.69, 9.17) is 4.42 Å². The Morgan fingerprint density at radius 1 is 0.958 bits per heavy atom. The SMILES string of the molecule is CN(C)c1ccc(/C=C\c2nc3cc(C(C)(C)C)ccc3o2)cc1. The van der Waals surface area contributed by atoms with Crippen LogP contribution in [-0.2, 0) is 5.41 Å². The van der Waals surface area contributed by atoms with E-state index in [9.17, 15) is 0 Å². The van der Waals surface area contributed by atoms with E-state index in [1.165, 1.54) is 11.3 Å². The first-order valence-electron chi connectivity index (χ1n) is 8.19. The highest BCUT2D eigenvalue weighted by molar-refractivity contribution is 5.77. The molecular formula is C21H24N2O. The van der Waals surface area contributed by atoms with E-state index in [1.807, 2.05) is 32.3 Å². The van der Waals surface area contributed by atoms with Crippen LogP contribution >= 0.6 is 0 Å². The fourth-order valence-electron chi connectivity index (χ4n) is 2.53. The number of fused-ring (bicyclic) bond motifs is 1. The molecule has 24 heavy (non-hydrogen) atoms. The molecule has 0 bridgehead atoms. The molecule has 1 heterocycles. The fourth-order valence-corrected chi connectivity index (χ4v) is 2.53. The highest BCUT2D eigenvalue weighted by Gasteiger charge is 2.15. The summed E-state index contributed by atoms with van der Waals surface area (Å²) in [4.78, 5) is 6.67. The lowest BCUT2D eigenvalue weighted by atomic mass is 9.87. The average molecular weight is 320 g/mol. The molecule has 0 aliphatic carbocycles. The van der Waals surface area contributed by atoms with Crippen molar-refractivity contribution in [3.63, 3.8) is 0 Å². The van der Waals surface area contributed by atoms with E-state index in [0.717, 1.165) is 16.7 Å². The molecule has 0 unspecified atom stereocenters. The minimum absolute atomic E-state index is 0.108. The fraction of sp³-hybridized carbons (Fsp3) is 0.286. The van der Waals surface area contributed by atoms with E-state index >= 15 is 0 Å². The van der Waals surface area contributed by atoms with Gasteiger partial charge in [0.15, 0.2) is 5.58 Å². The summed E-state index contributed by atoms with van der Waals surface area (Å²) in [6, 6.07) is 14.6. The lowest BCUT2D eigenvalue weighted by molar-refractivity contribution is 0.585. The van der Waals surface area contributed by atoms with Gasteiger partial charge in [-0.3, -0.25) is 0 Å². The number of rotatable bonds is 3. The van der Waals surface area contributed by atoms with Crippen molar-refractivity contribution in [3.05, 3.63) is 59.5 Å². The van der Waals surface area contributed by atoms with Gasteiger partial charge in [0.05, 0.1) is 0 Å². The van der Waals surface area contributed by atoms with E-state index in [-0.39, 0.29) is 5.41 Å². The predicted molar refractivity (Wildman–Crippen MR) is 102 cm³/mol. The Hall–Kier alpha value is -2.55. The summed E-state index contributed by atoms with van der Waals surface area (Å²) in [6.45, 7) is 6.60. The van der Waals surface area contributed by atoms with Gasteiger partial charge in [-0.15, -0.1) is 0 Å². The molecule has 0 saturated carbocycles. The summed E-state index contributed by atoms with van der Waals surface area (Å²) < 4.78 is 5.81. The van der Waals surface area contributed by atoms with Crippen LogP contribution < -0.4 is 4.90 Å². The third-order valence-electron chi connectivity index (χ3n) is 4.10. The van der Waals surface area contributed by atoms with Crippen molar-refractivity contribution >= 4 is 28.9 Å². The average Bonchev–Trinajstić information content (AvgIpc) is 2.94. The third-order valence-corrected chi connectivity index (χ3v) is 4.10. The van der Waals surface area contributed by atoms with Crippen molar-refractivity contribution in [1.29, 1.82) is 0 Å². The molecule has 0 aliphatic rings. The summed E-state index contributed by atoms with van der Waals surface area (Å²) in [5, 5.41) is 0. The molecule has 3 rings (SSSR count). The van der Waals surface area contributed by atoms with E-state index in [1.54, 1.807) is 0 Å². The molecule has 3 nitrogen and oxygen atoms in total. The predicted octanol–water partition coefficient (Wildman–Crippen LogP) is 5.36. The van der Waals surface area contributed by atoms with Crippen LogP contribution in [0.2, 0.25) is 0 Å². The first-order valence-corrected chi connectivity index (χ1v) is 8.19. The lowest BCUT2D eigenvalue weighted by Crippen LogP contribution is -2.10. The molecule has 1 aromatic heterocycles. The van der Waals surface area contributed by atoms with Gasteiger partial charge < -0.3 is 9.32 Å². The van der Waals surface area contributed by atoms with Crippen molar-refractivity contribution in [3.8, 4) is 0 Å². The Morgan fingerprint density at radius 2 is 1.67 bits per heavy atom. The maximum Gasteiger partial charge on any atom is 0.220 e. The Bertz CT molecular complexity index is 865. The molecule has 0 amide bonds. The van der Waals surface area contributed by atoms with Crippen molar-refractivity contribution < 1.29 is 4.42 Å². The summed E-state index contributed by atoms with van der Waals surface area (Å²) in [7, 11) is 4.07. The van der Waals surface area contributed by atoms with Crippen LogP contribution in [0.5, 0.6) is 0 Å². The van der Waals surface area contributed by atoms with Gasteiger partial charge in [-0.1, -0.05) is 39.0 Å². The number of oxazole rings is 1. The Balaban J connectivity index is 1.84. The van der Waals surface area contributed by atoms with Crippen LogP contribution in [0.15, 0.2) is 46.9 Å². The third kappa shape index (κ3) is 3.51. The van der Waals surface area contributed by atoms with Gasteiger partial charge in [0, 0.05) is 25.9 Å². The minimum Gasteiger partial charge on any atom is -0.437 e. The zero-order valence-corrected chi connectivity index (χ0v) is 15.0. The standard InChI is InChI=1S/C21H24N2O/c1-21(2,3)16-9-12-19-18(14-16)22-20(24-19)13-8-15-6-10-17(11-7-15)23(4)5/h6-14H,1-5H3/b13-8-. The van der Waals surface area contributed by atoms with Crippen LogP contribution in [0, 0.1) is 0 Å². The second kappa shape index (κ2) is 6.16. The number of aromatic nitrogens is 1. The number of hydrogen-bond acceptors (Lipinski definition) is 3. The molecule has 0 radical (unpaired) electrons. The molecule has 3 aromatic rings. The van der Waals surface area contributed by atoms with Gasteiger partial charge in [-0.2, -0.15) is 0 Å². The molecule has 0 saturated heterocycles. The maximum absolute atomic E-state index is 5.81. The number of anilines is 1. The molecule has 0 fully saturated rings. The van der Waals surface area contributed by atoms with Gasteiger partial charge in [0.1, 0.15) is 5.52 Å². The molecule has 0 aliphatic heterocycles. The van der Waals surface area contributed by atoms with Crippen LogP contribution in [0.1, 0.15) is 37.8 Å².